The van der Waals surface area contributed by atoms with E-state index in [9.17, 15) is 14.0 Å². The van der Waals surface area contributed by atoms with Gasteiger partial charge in [0.05, 0.1) is 0 Å². The van der Waals surface area contributed by atoms with Gasteiger partial charge >= 0.3 is 0 Å². The normalized spacial score (nSPS) is 15.2. The maximum Gasteiger partial charge on any atom is 0.276 e. The Morgan fingerprint density at radius 2 is 2.18 bits per heavy atom. The highest BCUT2D eigenvalue weighted by molar-refractivity contribution is 7.03. The first-order valence-corrected chi connectivity index (χ1v) is 10.2. The van der Waals surface area contributed by atoms with E-state index >= 15 is 0 Å². The lowest BCUT2D eigenvalue weighted by molar-refractivity contribution is -0.126. The summed E-state index contributed by atoms with van der Waals surface area (Å²) in [6.45, 7) is 3.68. The quantitative estimate of drug-likeness (QED) is 0.689. The number of aromatic nitrogens is 2. The lowest BCUT2D eigenvalue weighted by Gasteiger charge is -2.31. The van der Waals surface area contributed by atoms with Gasteiger partial charge in [-0.15, -0.1) is 11.7 Å². The Morgan fingerprint density at radius 3 is 2.79 bits per heavy atom. The van der Waals surface area contributed by atoms with Crippen molar-refractivity contribution in [2.75, 3.05) is 6.54 Å². The maximum absolute atomic E-state index is 14.7. The van der Waals surface area contributed by atoms with Crippen LogP contribution in [0.5, 0.6) is 0 Å². The van der Waals surface area contributed by atoms with E-state index in [1.807, 2.05) is 0 Å². The van der Waals surface area contributed by atoms with Crippen molar-refractivity contribution in [3.63, 3.8) is 0 Å². The average molecular weight is 423 g/mol. The summed E-state index contributed by atoms with van der Waals surface area (Å²) >= 11 is 7.27. The molecule has 1 aromatic carbocycles. The van der Waals surface area contributed by atoms with Crippen molar-refractivity contribution in [3.8, 4) is 0 Å². The number of amides is 2. The van der Waals surface area contributed by atoms with Gasteiger partial charge in [-0.1, -0.05) is 41.1 Å². The summed E-state index contributed by atoms with van der Waals surface area (Å²) in [5.41, 5.74) is 0.0380. The number of nitrogens with one attached hydrogen (secondary N) is 1. The van der Waals surface area contributed by atoms with Gasteiger partial charge in [0.1, 0.15) is 11.9 Å². The lowest BCUT2D eigenvalue weighted by atomic mass is 10.0. The van der Waals surface area contributed by atoms with Crippen molar-refractivity contribution in [3.05, 3.63) is 58.3 Å². The molecule has 1 aliphatic carbocycles. The van der Waals surface area contributed by atoms with Crippen LogP contribution in [-0.4, -0.2) is 38.9 Å². The van der Waals surface area contributed by atoms with E-state index in [1.165, 1.54) is 34.6 Å². The van der Waals surface area contributed by atoms with Crippen LogP contribution in [-0.2, 0) is 4.79 Å². The highest BCUT2D eigenvalue weighted by atomic mass is 35.5. The molecular weight excluding hydrogens is 403 g/mol. The van der Waals surface area contributed by atoms with E-state index in [1.54, 1.807) is 0 Å². The smallest absolute Gasteiger partial charge is 0.276 e. The largest absolute Gasteiger partial charge is 0.351 e. The number of halogens is 2. The van der Waals surface area contributed by atoms with Crippen molar-refractivity contribution in [2.45, 2.75) is 37.8 Å². The zero-order chi connectivity index (χ0) is 20.1. The molecule has 2 aromatic rings. The number of carbonyl (C=O) groups is 2. The predicted octanol–water partition coefficient (Wildman–Crippen LogP) is 3.76. The second-order valence-corrected chi connectivity index (χ2v) is 7.58. The Bertz CT molecular complexity index is 835. The minimum absolute atomic E-state index is 0.00201. The Labute approximate surface area is 171 Å². The molecule has 28 heavy (non-hydrogen) atoms. The first-order chi connectivity index (χ1) is 13.5. The molecule has 0 saturated heterocycles. The van der Waals surface area contributed by atoms with E-state index in [-0.39, 0.29) is 28.9 Å². The summed E-state index contributed by atoms with van der Waals surface area (Å²) in [7, 11) is 0. The third kappa shape index (κ3) is 4.39. The second-order valence-electron chi connectivity index (χ2n) is 6.56. The van der Waals surface area contributed by atoms with Gasteiger partial charge in [-0.3, -0.25) is 9.59 Å². The molecule has 0 unspecified atom stereocenters. The van der Waals surface area contributed by atoms with Crippen LogP contribution >= 0.6 is 23.1 Å². The number of benzene rings is 1. The number of hydrogen-bond donors (Lipinski definition) is 1. The van der Waals surface area contributed by atoms with Crippen LogP contribution in [0.1, 0.15) is 47.8 Å². The van der Waals surface area contributed by atoms with Crippen LogP contribution in [0.4, 0.5) is 4.39 Å². The zero-order valence-corrected chi connectivity index (χ0v) is 16.7. The summed E-state index contributed by atoms with van der Waals surface area (Å²) in [6, 6.07) is 2.93. The minimum Gasteiger partial charge on any atom is -0.351 e. The molecular formula is C19H20ClFN4O2S. The van der Waals surface area contributed by atoms with Crippen LogP contribution in [0.2, 0.25) is 5.02 Å². The second kappa shape index (κ2) is 9.25. The summed E-state index contributed by atoms with van der Waals surface area (Å²) in [5, 5.41) is 8.29. The van der Waals surface area contributed by atoms with Crippen LogP contribution in [0.15, 0.2) is 36.2 Å². The van der Waals surface area contributed by atoms with Crippen LogP contribution in [0.25, 0.3) is 0 Å². The molecule has 0 aliphatic heterocycles. The SMILES string of the molecule is C=CCN(C(=O)c1csnn1)[C@@H](C(=O)NC1CCCC1)c1c(F)cccc1Cl. The minimum atomic E-state index is -1.25. The van der Waals surface area contributed by atoms with Crippen LogP contribution in [0, 0.1) is 5.82 Å². The fourth-order valence-electron chi connectivity index (χ4n) is 3.40. The molecule has 1 heterocycles. The summed E-state index contributed by atoms with van der Waals surface area (Å²) in [4.78, 5) is 27.4. The molecule has 1 N–H and O–H groups in total. The van der Waals surface area contributed by atoms with Gasteiger partial charge in [-0.25, -0.2) is 4.39 Å². The summed E-state index contributed by atoms with van der Waals surface area (Å²) in [5.74, 6) is -1.67. The lowest BCUT2D eigenvalue weighted by Crippen LogP contribution is -2.46. The van der Waals surface area contributed by atoms with Gasteiger partial charge in [-0.05, 0) is 36.5 Å². The van der Waals surface area contributed by atoms with E-state index < -0.39 is 23.7 Å². The van der Waals surface area contributed by atoms with E-state index in [0.29, 0.717) is 0 Å². The molecule has 1 saturated carbocycles. The predicted molar refractivity (Wildman–Crippen MR) is 106 cm³/mol. The van der Waals surface area contributed by atoms with Crippen molar-refractivity contribution in [1.29, 1.82) is 0 Å². The van der Waals surface area contributed by atoms with E-state index in [4.69, 9.17) is 11.6 Å². The molecule has 148 valence electrons. The molecule has 3 rings (SSSR count). The van der Waals surface area contributed by atoms with Crippen molar-refractivity contribution in [1.82, 2.24) is 19.8 Å². The molecule has 1 aliphatic rings. The topological polar surface area (TPSA) is 75.2 Å². The first kappa shape index (κ1) is 20.4. The number of hydrogen-bond acceptors (Lipinski definition) is 5. The van der Waals surface area contributed by atoms with Gasteiger partial charge in [0.25, 0.3) is 5.91 Å². The number of nitrogens with zero attached hydrogens (tertiary/aromatic N) is 3. The molecule has 2 amide bonds. The Balaban J connectivity index is 2.03. The Morgan fingerprint density at radius 1 is 1.43 bits per heavy atom. The first-order valence-electron chi connectivity index (χ1n) is 8.96. The molecule has 0 bridgehead atoms. The highest BCUT2D eigenvalue weighted by Crippen LogP contribution is 2.32. The number of carbonyl (C=O) groups excluding carboxylic acids is 2. The molecule has 0 spiro atoms. The number of rotatable bonds is 7. The van der Waals surface area contributed by atoms with Crippen LogP contribution < -0.4 is 5.32 Å². The standard InChI is InChI=1S/C19H20ClFN4O2S/c1-2-10-25(19(27)15-11-28-24-23-15)17(16-13(20)8-5-9-14(16)21)18(26)22-12-6-3-4-7-12/h2,5,8-9,11-12,17H,1,3-4,6-7,10H2,(H,22,26)/t17-/m1/s1. The van der Waals surface area contributed by atoms with Gasteiger partial charge < -0.3 is 10.2 Å². The Hall–Kier alpha value is -2.32. The highest BCUT2D eigenvalue weighted by Gasteiger charge is 2.36. The van der Waals surface area contributed by atoms with Crippen molar-refractivity contribution >= 4 is 34.9 Å². The maximum atomic E-state index is 14.7. The van der Waals surface area contributed by atoms with Crippen molar-refractivity contribution in [2.24, 2.45) is 0 Å². The summed E-state index contributed by atoms with van der Waals surface area (Å²) in [6.07, 6.45) is 5.23. The van der Waals surface area contributed by atoms with Gasteiger partial charge in [0, 0.05) is 28.6 Å². The molecule has 1 fully saturated rings. The molecule has 0 radical (unpaired) electrons. The molecule has 6 nitrogen and oxygen atoms in total. The molecule has 1 aromatic heterocycles. The van der Waals surface area contributed by atoms with Gasteiger partial charge in [0.2, 0.25) is 5.91 Å². The van der Waals surface area contributed by atoms with Crippen LogP contribution in [0.3, 0.4) is 0 Å². The van der Waals surface area contributed by atoms with Gasteiger partial charge in [-0.2, -0.15) is 0 Å². The van der Waals surface area contributed by atoms with E-state index in [0.717, 1.165) is 37.2 Å². The fraction of sp³-hybridized carbons (Fsp3) is 0.368. The monoisotopic (exact) mass is 422 g/mol. The zero-order valence-electron chi connectivity index (χ0n) is 15.1. The Kier molecular flexibility index (Phi) is 6.74. The summed E-state index contributed by atoms with van der Waals surface area (Å²) < 4.78 is 18.4. The van der Waals surface area contributed by atoms with Gasteiger partial charge in [0.15, 0.2) is 5.69 Å². The van der Waals surface area contributed by atoms with E-state index in [2.05, 4.69) is 21.5 Å². The van der Waals surface area contributed by atoms with Crippen molar-refractivity contribution < 1.29 is 14.0 Å². The molecule has 9 heteroatoms. The third-order valence-corrected chi connectivity index (χ3v) is 5.53. The average Bonchev–Trinajstić information content (AvgIpc) is 3.36. The molecule has 1 atom stereocenters. The third-order valence-electron chi connectivity index (χ3n) is 4.70. The fourth-order valence-corrected chi connectivity index (χ4v) is 4.10.